The van der Waals surface area contributed by atoms with Gasteiger partial charge in [0.05, 0.1) is 6.04 Å². The number of amides is 2. The molecule has 2 unspecified atom stereocenters. The van der Waals surface area contributed by atoms with Crippen molar-refractivity contribution in [2.75, 3.05) is 5.73 Å². The molecule has 0 aliphatic carbocycles. The van der Waals surface area contributed by atoms with Crippen LogP contribution in [-0.2, 0) is 42.4 Å². The lowest BCUT2D eigenvalue weighted by molar-refractivity contribution is -0.130. The number of phenols is 1. The Hall–Kier alpha value is -6.73. The zero-order chi connectivity index (χ0) is 40.8. The van der Waals surface area contributed by atoms with Gasteiger partial charge in [-0.15, -0.1) is 0 Å². The van der Waals surface area contributed by atoms with Crippen molar-refractivity contribution in [2.45, 2.75) is 70.6 Å². The number of rotatable bonds is 16. The van der Waals surface area contributed by atoms with E-state index >= 15 is 0 Å². The van der Waals surface area contributed by atoms with Crippen LogP contribution >= 0.6 is 0 Å². The second-order valence-electron chi connectivity index (χ2n) is 14.9. The van der Waals surface area contributed by atoms with Crippen LogP contribution in [0.5, 0.6) is 5.75 Å². The van der Waals surface area contributed by atoms with Crippen molar-refractivity contribution in [2.24, 2.45) is 12.8 Å². The fraction of sp³-hybridized carbons (Fsp3) is 0.267. The second kappa shape index (κ2) is 17.6. The zero-order valence-corrected chi connectivity index (χ0v) is 32.9. The average molecular weight is 780 g/mol. The van der Waals surface area contributed by atoms with Crippen molar-refractivity contribution in [3.05, 3.63) is 149 Å². The molecule has 0 aliphatic rings. The molecule has 2 amide bonds. The lowest BCUT2D eigenvalue weighted by Gasteiger charge is -2.24. The van der Waals surface area contributed by atoms with E-state index in [-0.39, 0.29) is 18.1 Å². The molecule has 0 fully saturated rings. The van der Waals surface area contributed by atoms with E-state index in [1.807, 2.05) is 86.3 Å². The third kappa shape index (κ3) is 9.27. The number of phenolic OH excluding ortho intramolecular Hbond substituents is 1. The van der Waals surface area contributed by atoms with Crippen molar-refractivity contribution in [1.82, 2.24) is 34.9 Å². The number of imidazole rings is 1. The number of nitrogens with one attached hydrogen (secondary N) is 2. The molecule has 3 heterocycles. The Morgan fingerprint density at radius 3 is 2.33 bits per heavy atom. The highest BCUT2D eigenvalue weighted by atomic mass is 16.5. The van der Waals surface area contributed by atoms with Crippen molar-refractivity contribution < 1.29 is 19.2 Å². The van der Waals surface area contributed by atoms with Gasteiger partial charge in [0.1, 0.15) is 17.8 Å². The van der Waals surface area contributed by atoms with E-state index in [2.05, 4.69) is 45.0 Å². The number of fused-ring (bicyclic) bond motifs is 1. The summed E-state index contributed by atoms with van der Waals surface area (Å²) in [5.74, 6) is 0.326. The molecular formula is C45H49N9O4. The summed E-state index contributed by atoms with van der Waals surface area (Å²) in [5.41, 5.74) is 20.0. The van der Waals surface area contributed by atoms with Crippen molar-refractivity contribution in [1.29, 1.82) is 0 Å². The molecule has 58 heavy (non-hydrogen) atoms. The van der Waals surface area contributed by atoms with Gasteiger partial charge in [-0.1, -0.05) is 78.0 Å². The van der Waals surface area contributed by atoms with Gasteiger partial charge in [0.15, 0.2) is 11.8 Å². The number of aromatic nitrogens is 5. The predicted octanol–water partition coefficient (Wildman–Crippen LogP) is 5.86. The first-order chi connectivity index (χ1) is 28.0. The standard InChI is InChI=1S/C45H49N9O4/c1-28-22-34(55)23-29(2)36(28)26-38(49-42(56)37(46)13-9-20-54-21-19-48-45(54)47)43(57)50-39(25-33-27-53(3)40-14-8-7-12-35(33)40)44-51-41(52-58-44)24-30-15-17-32(18-16-30)31-10-5-4-6-11-31/h4-8,10-12,14-19,21-23,27,37-39,55H,9,13,20,24-26,46H2,1-3H3,(H2,47,48)(H,49,56)(H,50,57)/t37?,38?,39-/m0/s1. The van der Waals surface area contributed by atoms with Crippen LogP contribution in [0.2, 0.25) is 0 Å². The van der Waals surface area contributed by atoms with Crippen LogP contribution in [0.15, 0.2) is 114 Å². The number of aromatic hydroxyl groups is 1. The van der Waals surface area contributed by atoms with Gasteiger partial charge in [0.25, 0.3) is 0 Å². The summed E-state index contributed by atoms with van der Waals surface area (Å²) in [7, 11) is 1.98. The van der Waals surface area contributed by atoms with E-state index in [1.165, 1.54) is 0 Å². The van der Waals surface area contributed by atoms with Gasteiger partial charge in [-0.25, -0.2) is 4.98 Å². The summed E-state index contributed by atoms with van der Waals surface area (Å²) in [6, 6.07) is 27.1. The third-order valence-corrected chi connectivity index (χ3v) is 10.6. The molecule has 3 aromatic heterocycles. The molecule has 0 saturated carbocycles. The first-order valence-electron chi connectivity index (χ1n) is 19.4. The monoisotopic (exact) mass is 779 g/mol. The molecule has 13 heteroatoms. The molecule has 0 aliphatic heterocycles. The van der Waals surface area contributed by atoms with Gasteiger partial charge in [-0.2, -0.15) is 4.98 Å². The predicted molar refractivity (Wildman–Crippen MR) is 224 cm³/mol. The zero-order valence-electron chi connectivity index (χ0n) is 32.9. The fourth-order valence-electron chi connectivity index (χ4n) is 7.52. The largest absolute Gasteiger partial charge is 0.508 e. The maximum atomic E-state index is 14.6. The van der Waals surface area contributed by atoms with Gasteiger partial charge in [-0.05, 0) is 83.8 Å². The Balaban J connectivity index is 1.14. The second-order valence-corrected chi connectivity index (χ2v) is 14.9. The van der Waals surface area contributed by atoms with Crippen LogP contribution in [0.4, 0.5) is 5.95 Å². The number of hydrogen-bond acceptors (Lipinski definition) is 9. The quantitative estimate of drug-likeness (QED) is 0.0800. The molecule has 13 nitrogen and oxygen atoms in total. The summed E-state index contributed by atoms with van der Waals surface area (Å²) in [5, 5.41) is 21.7. The normalized spacial score (nSPS) is 13.0. The van der Waals surface area contributed by atoms with E-state index < -0.39 is 29.9 Å². The van der Waals surface area contributed by atoms with Crippen molar-refractivity contribution in [3.63, 3.8) is 0 Å². The molecule has 3 atom stereocenters. The van der Waals surface area contributed by atoms with Crippen molar-refractivity contribution >= 4 is 28.7 Å². The average Bonchev–Trinajstić information content (AvgIpc) is 3.94. The number of aryl methyl sites for hydroxylation is 4. The van der Waals surface area contributed by atoms with Gasteiger partial charge >= 0.3 is 0 Å². The van der Waals surface area contributed by atoms with Crippen molar-refractivity contribution in [3.8, 4) is 16.9 Å². The van der Waals surface area contributed by atoms with E-state index in [0.717, 1.165) is 49.8 Å². The van der Waals surface area contributed by atoms with Crippen LogP contribution in [0.25, 0.3) is 22.0 Å². The van der Waals surface area contributed by atoms with Gasteiger partial charge in [0.2, 0.25) is 17.7 Å². The molecule has 7 rings (SSSR count). The Bertz CT molecular complexity index is 2480. The maximum absolute atomic E-state index is 14.6. The van der Waals surface area contributed by atoms with E-state index in [1.54, 1.807) is 29.1 Å². The SMILES string of the molecule is Cc1cc(O)cc(C)c1CC(NC(=O)C(N)CCCn1ccnc1N)C(=O)N[C@@H](Cc1cn(C)c2ccccc12)c1nc(Cc2ccc(-c3ccccc3)cc2)no1. The minimum absolute atomic E-state index is 0.124. The molecule has 7 N–H and O–H groups in total. The highest BCUT2D eigenvalue weighted by Gasteiger charge is 2.30. The lowest BCUT2D eigenvalue weighted by atomic mass is 9.95. The number of hydrogen-bond donors (Lipinski definition) is 5. The van der Waals surface area contributed by atoms with Crippen LogP contribution < -0.4 is 22.1 Å². The molecule has 0 spiro atoms. The summed E-state index contributed by atoms with van der Waals surface area (Å²) in [6.07, 6.45) is 7.29. The van der Waals surface area contributed by atoms with Gasteiger partial charge in [0, 0.05) is 62.3 Å². The summed E-state index contributed by atoms with van der Waals surface area (Å²) in [6.45, 7) is 4.28. The highest BCUT2D eigenvalue weighted by Crippen LogP contribution is 2.28. The van der Waals surface area contributed by atoms with Gasteiger partial charge < -0.3 is 40.9 Å². The minimum Gasteiger partial charge on any atom is -0.508 e. The number of nitrogen functional groups attached to an aromatic ring is 1. The molecule has 0 saturated heterocycles. The number of anilines is 1. The number of carbonyl (C=O) groups is 2. The number of benzene rings is 4. The number of para-hydroxylation sites is 1. The third-order valence-electron chi connectivity index (χ3n) is 10.6. The topological polar surface area (TPSA) is 192 Å². The van der Waals surface area contributed by atoms with Crippen LogP contribution in [-0.4, -0.2) is 53.3 Å². The molecular weight excluding hydrogens is 731 g/mol. The Morgan fingerprint density at radius 2 is 1.60 bits per heavy atom. The Kier molecular flexibility index (Phi) is 12.0. The molecule has 0 bridgehead atoms. The lowest BCUT2D eigenvalue weighted by Crippen LogP contribution is -2.53. The summed E-state index contributed by atoms with van der Waals surface area (Å²) < 4.78 is 9.74. The summed E-state index contributed by atoms with van der Waals surface area (Å²) >= 11 is 0. The number of nitrogens with two attached hydrogens (primary N) is 2. The highest BCUT2D eigenvalue weighted by molar-refractivity contribution is 5.90. The Labute approximate surface area is 337 Å². The van der Waals surface area contributed by atoms with Crippen LogP contribution in [0.3, 0.4) is 0 Å². The minimum atomic E-state index is -1.02. The number of carbonyl (C=O) groups excluding carboxylic acids is 2. The van der Waals surface area contributed by atoms with Gasteiger partial charge in [-0.3, -0.25) is 9.59 Å². The van der Waals surface area contributed by atoms with Crippen LogP contribution in [0, 0.1) is 13.8 Å². The molecule has 4 aromatic carbocycles. The smallest absolute Gasteiger partial charge is 0.249 e. The van der Waals surface area contributed by atoms with E-state index in [4.69, 9.17) is 21.0 Å². The molecule has 298 valence electrons. The van der Waals surface area contributed by atoms with E-state index in [9.17, 15) is 14.7 Å². The summed E-state index contributed by atoms with van der Waals surface area (Å²) in [4.78, 5) is 37.1. The Morgan fingerprint density at radius 1 is 0.897 bits per heavy atom. The first kappa shape index (κ1) is 39.5. The molecule has 7 aromatic rings. The van der Waals surface area contributed by atoms with Crippen LogP contribution in [0.1, 0.15) is 58.4 Å². The molecule has 0 radical (unpaired) electrons. The first-order valence-corrected chi connectivity index (χ1v) is 19.4. The van der Waals surface area contributed by atoms with E-state index in [0.29, 0.717) is 44.0 Å². The fourth-order valence-corrected chi connectivity index (χ4v) is 7.52. The number of nitrogens with zero attached hydrogens (tertiary/aromatic N) is 5. The maximum Gasteiger partial charge on any atom is 0.249 e.